The van der Waals surface area contributed by atoms with Crippen LogP contribution in [0.25, 0.3) is 0 Å². The molecule has 2 rings (SSSR count). The van der Waals surface area contributed by atoms with Gasteiger partial charge in [-0.15, -0.1) is 0 Å². The Hall–Kier alpha value is -1.32. The molecule has 88 valence electrons. The normalized spacial score (nSPS) is 10.3. The van der Waals surface area contributed by atoms with E-state index in [1.54, 1.807) is 0 Å². The minimum absolute atomic E-state index is 0.331. The molecule has 0 amide bonds. The highest BCUT2D eigenvalue weighted by Crippen LogP contribution is 2.26. The Morgan fingerprint density at radius 3 is 2.53 bits per heavy atom. The van der Waals surface area contributed by atoms with E-state index < -0.39 is 0 Å². The number of aromatic nitrogens is 2. The molecule has 1 aromatic carbocycles. The molecule has 0 fully saturated rings. The van der Waals surface area contributed by atoms with Crippen molar-refractivity contribution < 1.29 is 0 Å². The Morgan fingerprint density at radius 2 is 1.88 bits per heavy atom. The highest BCUT2D eigenvalue weighted by atomic mass is 35.5. The van der Waals surface area contributed by atoms with E-state index in [9.17, 15) is 0 Å². The molecule has 0 atom stereocenters. The number of aryl methyl sites for hydroxylation is 1. The zero-order valence-corrected chi connectivity index (χ0v) is 10.8. The molecule has 3 nitrogen and oxygen atoms in total. The molecular weight excluding hydrogens is 257 g/mol. The first-order valence-corrected chi connectivity index (χ1v) is 5.88. The number of nitrogens with one attached hydrogen (secondary N) is 1. The lowest BCUT2D eigenvalue weighted by molar-refractivity contribution is 1.10. The van der Waals surface area contributed by atoms with Crippen LogP contribution < -0.4 is 5.32 Å². The zero-order valence-electron chi connectivity index (χ0n) is 9.24. The minimum atomic E-state index is 0.331. The minimum Gasteiger partial charge on any atom is -0.376 e. The summed E-state index contributed by atoms with van der Waals surface area (Å²) in [5.41, 5.74) is 2.93. The summed E-state index contributed by atoms with van der Waals surface area (Å²) >= 11 is 11.9. The van der Waals surface area contributed by atoms with Gasteiger partial charge in [-0.05, 0) is 12.5 Å². The molecule has 17 heavy (non-hydrogen) atoms. The van der Waals surface area contributed by atoms with Gasteiger partial charge in [-0.3, -0.25) is 0 Å². The van der Waals surface area contributed by atoms with Gasteiger partial charge in [-0.1, -0.05) is 53.0 Å². The van der Waals surface area contributed by atoms with E-state index >= 15 is 0 Å². The second kappa shape index (κ2) is 5.34. The molecule has 0 spiro atoms. The third-order valence-electron chi connectivity index (χ3n) is 2.31. The number of benzene rings is 1. The van der Waals surface area contributed by atoms with Gasteiger partial charge in [0.2, 0.25) is 0 Å². The first-order chi connectivity index (χ1) is 8.16. The van der Waals surface area contributed by atoms with Crippen LogP contribution in [-0.2, 0) is 6.54 Å². The molecule has 1 N–H and O–H groups in total. The number of hydrogen-bond donors (Lipinski definition) is 1. The van der Waals surface area contributed by atoms with E-state index in [4.69, 9.17) is 23.2 Å². The molecule has 0 saturated carbocycles. The van der Waals surface area contributed by atoms with E-state index in [0.717, 1.165) is 5.56 Å². The molecule has 0 bridgehead atoms. The van der Waals surface area contributed by atoms with Crippen molar-refractivity contribution in [2.45, 2.75) is 13.5 Å². The predicted octanol–water partition coefficient (Wildman–Crippen LogP) is 3.70. The van der Waals surface area contributed by atoms with Gasteiger partial charge in [-0.2, -0.15) is 0 Å². The highest BCUT2D eigenvalue weighted by molar-refractivity contribution is 6.37. The van der Waals surface area contributed by atoms with Crippen molar-refractivity contribution in [3.05, 3.63) is 52.0 Å². The predicted molar refractivity (Wildman–Crippen MR) is 70.6 cm³/mol. The fraction of sp³-hybridized carbons (Fsp3) is 0.167. The van der Waals surface area contributed by atoms with Crippen LogP contribution in [0.2, 0.25) is 10.3 Å². The summed E-state index contributed by atoms with van der Waals surface area (Å²) in [4.78, 5) is 7.75. The van der Waals surface area contributed by atoms with Gasteiger partial charge in [-0.25, -0.2) is 9.97 Å². The van der Waals surface area contributed by atoms with Gasteiger partial charge >= 0.3 is 0 Å². The topological polar surface area (TPSA) is 37.8 Å². The summed E-state index contributed by atoms with van der Waals surface area (Å²) in [5, 5.41) is 3.80. The van der Waals surface area contributed by atoms with Gasteiger partial charge in [0.1, 0.15) is 12.0 Å². The van der Waals surface area contributed by atoms with Crippen molar-refractivity contribution in [3.8, 4) is 0 Å². The molecule has 0 aliphatic carbocycles. The molecule has 5 heteroatoms. The van der Waals surface area contributed by atoms with Gasteiger partial charge < -0.3 is 5.32 Å². The van der Waals surface area contributed by atoms with Gasteiger partial charge in [0.05, 0.1) is 0 Å². The first-order valence-electron chi connectivity index (χ1n) is 5.12. The highest BCUT2D eigenvalue weighted by Gasteiger charge is 2.07. The Kier molecular flexibility index (Phi) is 3.82. The fourth-order valence-electron chi connectivity index (χ4n) is 1.50. The number of nitrogens with zero attached hydrogens (tertiary/aromatic N) is 2. The third kappa shape index (κ3) is 3.08. The van der Waals surface area contributed by atoms with Crippen LogP contribution >= 0.6 is 23.2 Å². The maximum Gasteiger partial charge on any atom is 0.157 e. The van der Waals surface area contributed by atoms with Crippen molar-refractivity contribution in [2.24, 2.45) is 0 Å². The summed E-state index contributed by atoms with van der Waals surface area (Å²) in [6.07, 6.45) is 1.34. The molecule has 1 heterocycles. The Balaban J connectivity index is 2.13. The quantitative estimate of drug-likeness (QED) is 0.862. The van der Waals surface area contributed by atoms with E-state index in [2.05, 4.69) is 34.3 Å². The fourth-order valence-corrected chi connectivity index (χ4v) is 1.95. The summed E-state index contributed by atoms with van der Waals surface area (Å²) in [5.74, 6) is 0. The van der Waals surface area contributed by atoms with E-state index in [1.165, 1.54) is 11.9 Å². The first kappa shape index (κ1) is 12.1. The second-order valence-electron chi connectivity index (χ2n) is 3.67. The smallest absolute Gasteiger partial charge is 0.157 e. The van der Waals surface area contributed by atoms with Gasteiger partial charge in [0, 0.05) is 6.54 Å². The molecular formula is C12H11Cl2N3. The zero-order chi connectivity index (χ0) is 12.3. The maximum atomic E-state index is 5.93. The largest absolute Gasteiger partial charge is 0.376 e. The summed E-state index contributed by atoms with van der Waals surface area (Å²) in [6.45, 7) is 2.68. The second-order valence-corrected chi connectivity index (χ2v) is 4.39. The Bertz CT molecular complexity index is 509. The lowest BCUT2D eigenvalue weighted by Crippen LogP contribution is -2.02. The summed E-state index contributed by atoms with van der Waals surface area (Å²) in [6, 6.07) is 8.19. The number of hydrogen-bond acceptors (Lipinski definition) is 3. The summed E-state index contributed by atoms with van der Waals surface area (Å²) in [7, 11) is 0. The van der Waals surface area contributed by atoms with Crippen LogP contribution in [0.1, 0.15) is 11.1 Å². The Labute approximate surface area is 110 Å². The van der Waals surface area contributed by atoms with Crippen LogP contribution in [0, 0.1) is 6.92 Å². The van der Waals surface area contributed by atoms with Crippen molar-refractivity contribution >= 4 is 28.9 Å². The SMILES string of the molecule is Cc1cccc(CNc2c(Cl)ncnc2Cl)c1. The standard InChI is InChI=1S/C12H11Cl2N3/c1-8-3-2-4-9(5-8)6-15-10-11(13)16-7-17-12(10)14/h2-5,7,15H,6H2,1H3. The van der Waals surface area contributed by atoms with E-state index in [-0.39, 0.29) is 0 Å². The monoisotopic (exact) mass is 267 g/mol. The maximum absolute atomic E-state index is 5.93. The number of halogens is 2. The lowest BCUT2D eigenvalue weighted by atomic mass is 10.1. The van der Waals surface area contributed by atoms with Crippen LogP contribution in [0.5, 0.6) is 0 Å². The number of rotatable bonds is 3. The van der Waals surface area contributed by atoms with Gasteiger partial charge in [0.15, 0.2) is 10.3 Å². The lowest BCUT2D eigenvalue weighted by Gasteiger charge is -2.09. The van der Waals surface area contributed by atoms with Crippen molar-refractivity contribution in [1.82, 2.24) is 9.97 Å². The molecule has 0 unspecified atom stereocenters. The van der Waals surface area contributed by atoms with Crippen molar-refractivity contribution in [3.63, 3.8) is 0 Å². The number of anilines is 1. The average molecular weight is 268 g/mol. The summed E-state index contributed by atoms with van der Waals surface area (Å²) < 4.78 is 0. The Morgan fingerprint density at radius 1 is 1.18 bits per heavy atom. The van der Waals surface area contributed by atoms with E-state index in [1.807, 2.05) is 12.1 Å². The van der Waals surface area contributed by atoms with Crippen LogP contribution in [0.3, 0.4) is 0 Å². The van der Waals surface area contributed by atoms with Crippen LogP contribution in [0.4, 0.5) is 5.69 Å². The van der Waals surface area contributed by atoms with Crippen molar-refractivity contribution in [2.75, 3.05) is 5.32 Å². The van der Waals surface area contributed by atoms with Crippen LogP contribution in [-0.4, -0.2) is 9.97 Å². The molecule has 0 aliphatic rings. The van der Waals surface area contributed by atoms with Gasteiger partial charge in [0.25, 0.3) is 0 Å². The average Bonchev–Trinajstić information content (AvgIpc) is 2.28. The van der Waals surface area contributed by atoms with Crippen LogP contribution in [0.15, 0.2) is 30.6 Å². The van der Waals surface area contributed by atoms with E-state index in [0.29, 0.717) is 22.5 Å². The molecule has 0 aliphatic heterocycles. The van der Waals surface area contributed by atoms with Crippen molar-refractivity contribution in [1.29, 1.82) is 0 Å². The molecule has 0 saturated heterocycles. The third-order valence-corrected chi connectivity index (χ3v) is 2.88. The molecule has 0 radical (unpaired) electrons. The molecule has 1 aromatic heterocycles. The molecule has 2 aromatic rings.